The number of methoxy groups -OCH3 is 1. The number of ether oxygens (including phenoxy) is 1. The van der Waals surface area contributed by atoms with Crippen LogP contribution < -0.4 is 16.9 Å². The zero-order chi connectivity index (χ0) is 22.5. The Bertz CT molecular complexity index is 1290. The third-order valence-electron chi connectivity index (χ3n) is 5.64. The van der Waals surface area contributed by atoms with Crippen LogP contribution in [0.1, 0.15) is 35.7 Å². The van der Waals surface area contributed by atoms with Gasteiger partial charge in [-0.2, -0.15) is 18.3 Å². The zero-order valence-corrected chi connectivity index (χ0v) is 17.5. The molecule has 1 aliphatic carbocycles. The second-order valence-electron chi connectivity index (χ2n) is 7.54. The molecule has 0 aromatic carbocycles. The molecule has 0 spiro atoms. The summed E-state index contributed by atoms with van der Waals surface area (Å²) in [6.07, 6.45) is -3.65. The molecule has 31 heavy (non-hydrogen) atoms. The summed E-state index contributed by atoms with van der Waals surface area (Å²) in [5.41, 5.74) is -1.22. The van der Waals surface area contributed by atoms with Gasteiger partial charge in [-0.05, 0) is 25.3 Å². The first-order chi connectivity index (χ1) is 14.6. The molecule has 3 aromatic rings. The fraction of sp³-hybridized carbons (Fsp3) is 0.556. The van der Waals surface area contributed by atoms with Gasteiger partial charge in [-0.15, -0.1) is 11.3 Å². The van der Waals surface area contributed by atoms with E-state index in [0.29, 0.717) is 23.3 Å². The monoisotopic (exact) mass is 459 g/mol. The fourth-order valence-electron chi connectivity index (χ4n) is 3.79. The highest BCUT2D eigenvalue weighted by Crippen LogP contribution is 2.34. The molecule has 0 saturated heterocycles. The van der Waals surface area contributed by atoms with Crippen molar-refractivity contribution in [3.63, 3.8) is 0 Å². The minimum absolute atomic E-state index is 0.0373. The Morgan fingerprint density at radius 3 is 2.58 bits per heavy atom. The Kier molecular flexibility index (Phi) is 5.41. The van der Waals surface area contributed by atoms with Crippen molar-refractivity contribution >= 4 is 21.6 Å². The molecule has 0 aliphatic heterocycles. The van der Waals surface area contributed by atoms with Crippen LogP contribution >= 0.6 is 11.3 Å². The van der Waals surface area contributed by atoms with Gasteiger partial charge in [0.15, 0.2) is 0 Å². The lowest BCUT2D eigenvalue weighted by Gasteiger charge is -2.35. The van der Waals surface area contributed by atoms with E-state index < -0.39 is 42.1 Å². The van der Waals surface area contributed by atoms with Crippen LogP contribution in [-0.2, 0) is 17.8 Å². The number of aryl methyl sites for hydroxylation is 2. The van der Waals surface area contributed by atoms with E-state index in [2.05, 4.69) is 10.1 Å². The molecule has 9 nitrogen and oxygen atoms in total. The smallest absolute Gasteiger partial charge is 0.381 e. The molecular weight excluding hydrogens is 439 g/mol. The summed E-state index contributed by atoms with van der Waals surface area (Å²) in [4.78, 5) is 41.3. The van der Waals surface area contributed by atoms with E-state index in [1.807, 2.05) is 0 Å². The van der Waals surface area contributed by atoms with Gasteiger partial charge in [0.05, 0.1) is 24.5 Å². The van der Waals surface area contributed by atoms with Gasteiger partial charge in [0.25, 0.3) is 5.56 Å². The van der Waals surface area contributed by atoms with E-state index in [0.717, 1.165) is 25.2 Å². The van der Waals surface area contributed by atoms with Crippen molar-refractivity contribution in [1.82, 2.24) is 23.9 Å². The second-order valence-corrected chi connectivity index (χ2v) is 8.62. The zero-order valence-electron chi connectivity index (χ0n) is 16.7. The molecule has 1 aliphatic rings. The predicted octanol–water partition coefficient (Wildman–Crippen LogP) is 1.77. The summed E-state index contributed by atoms with van der Waals surface area (Å²) in [6, 6.07) is -0.428. The maximum atomic E-state index is 13.2. The normalized spacial score (nSPS) is 19.1. The second kappa shape index (κ2) is 7.79. The lowest BCUT2D eigenvalue weighted by atomic mass is 9.89. The van der Waals surface area contributed by atoms with Crippen LogP contribution in [0.4, 0.5) is 13.2 Å². The molecule has 0 unspecified atom stereocenters. The van der Waals surface area contributed by atoms with Gasteiger partial charge in [-0.25, -0.2) is 14.3 Å². The summed E-state index contributed by atoms with van der Waals surface area (Å²) < 4.78 is 47.2. The highest BCUT2D eigenvalue weighted by molar-refractivity contribution is 7.18. The van der Waals surface area contributed by atoms with Crippen molar-refractivity contribution in [2.24, 2.45) is 0 Å². The van der Waals surface area contributed by atoms with Gasteiger partial charge in [0, 0.05) is 24.6 Å². The first kappa shape index (κ1) is 21.6. The number of hydrogen-bond acceptors (Lipinski definition) is 6. The van der Waals surface area contributed by atoms with Crippen LogP contribution in [-0.4, -0.2) is 43.3 Å². The lowest BCUT2D eigenvalue weighted by Crippen LogP contribution is -2.47. The molecule has 1 fully saturated rings. The van der Waals surface area contributed by atoms with E-state index in [-0.39, 0.29) is 22.9 Å². The van der Waals surface area contributed by atoms with E-state index in [4.69, 9.17) is 4.74 Å². The third-order valence-corrected chi connectivity index (χ3v) is 6.94. The largest absolute Gasteiger partial charge is 0.390 e. The summed E-state index contributed by atoms with van der Waals surface area (Å²) in [5, 5.41) is 4.08. The Morgan fingerprint density at radius 2 is 2.00 bits per heavy atom. The lowest BCUT2D eigenvalue weighted by molar-refractivity contribution is -0.136. The van der Waals surface area contributed by atoms with Gasteiger partial charge in [-0.1, -0.05) is 0 Å². The van der Waals surface area contributed by atoms with Crippen LogP contribution in [0.15, 0.2) is 20.7 Å². The minimum Gasteiger partial charge on any atom is -0.381 e. The summed E-state index contributed by atoms with van der Waals surface area (Å²) in [6.45, 7) is 1.10. The highest BCUT2D eigenvalue weighted by Gasteiger charge is 2.35. The molecule has 0 bridgehead atoms. The van der Waals surface area contributed by atoms with Crippen LogP contribution in [0.3, 0.4) is 0 Å². The van der Waals surface area contributed by atoms with Crippen molar-refractivity contribution in [3.8, 4) is 0 Å². The van der Waals surface area contributed by atoms with Crippen molar-refractivity contribution < 1.29 is 17.9 Å². The van der Waals surface area contributed by atoms with Crippen LogP contribution in [0.5, 0.6) is 0 Å². The van der Waals surface area contributed by atoms with Crippen LogP contribution in [0.25, 0.3) is 10.2 Å². The predicted molar refractivity (Wildman–Crippen MR) is 107 cm³/mol. The number of fused-ring (bicyclic) bond motifs is 1. The third kappa shape index (κ3) is 3.87. The summed E-state index contributed by atoms with van der Waals surface area (Å²) >= 11 is 1.03. The van der Waals surface area contributed by atoms with E-state index in [1.54, 1.807) is 6.92 Å². The molecule has 1 saturated carbocycles. The first-order valence-electron chi connectivity index (χ1n) is 9.58. The van der Waals surface area contributed by atoms with Gasteiger partial charge in [-0.3, -0.25) is 18.9 Å². The van der Waals surface area contributed by atoms with E-state index in [1.165, 1.54) is 13.4 Å². The maximum absolute atomic E-state index is 13.2. The van der Waals surface area contributed by atoms with Gasteiger partial charge < -0.3 is 4.74 Å². The quantitative estimate of drug-likeness (QED) is 0.605. The first-order valence-corrected chi connectivity index (χ1v) is 10.4. The molecular formula is C18H20F3N5O4S. The molecule has 0 atom stereocenters. The SMILES string of the molecule is COC1CC(n2c(=O)c3c(C)c(Cn4nc[nH]c4=O)sc3n(CCC(F)(F)F)c2=O)C1. The highest BCUT2D eigenvalue weighted by atomic mass is 32.1. The number of aromatic amines is 1. The van der Waals surface area contributed by atoms with E-state index in [9.17, 15) is 27.6 Å². The molecule has 168 valence electrons. The van der Waals surface area contributed by atoms with Gasteiger partial charge in [0.2, 0.25) is 0 Å². The van der Waals surface area contributed by atoms with Crippen LogP contribution in [0.2, 0.25) is 0 Å². The van der Waals surface area contributed by atoms with Crippen LogP contribution in [0, 0.1) is 6.92 Å². The minimum atomic E-state index is -4.46. The number of alkyl halides is 3. The Morgan fingerprint density at radius 1 is 1.29 bits per heavy atom. The van der Waals surface area contributed by atoms with Crippen molar-refractivity contribution in [2.75, 3.05) is 7.11 Å². The van der Waals surface area contributed by atoms with Crippen molar-refractivity contribution in [2.45, 2.75) is 57.6 Å². The molecule has 0 amide bonds. The van der Waals surface area contributed by atoms with Crippen molar-refractivity contribution in [1.29, 1.82) is 0 Å². The molecule has 1 N–H and O–H groups in total. The van der Waals surface area contributed by atoms with Crippen molar-refractivity contribution in [3.05, 3.63) is 48.1 Å². The van der Waals surface area contributed by atoms with E-state index >= 15 is 0 Å². The standard InChI is InChI=1S/C18H20F3N5O4S/c1-9-12(7-25-16(28)22-8-23-25)31-15-13(9)14(27)26(10-5-11(6-10)30-2)17(29)24(15)4-3-18(19,20)21/h8,10-11H,3-7H2,1-2H3,(H,22,23,28). The average Bonchev–Trinajstić information content (AvgIpc) is 3.20. The number of rotatable bonds is 6. The number of H-pyrrole nitrogens is 1. The molecule has 13 heteroatoms. The Hall–Kier alpha value is -2.67. The number of nitrogens with one attached hydrogen (secondary N) is 1. The molecule has 4 rings (SSSR count). The molecule has 0 radical (unpaired) electrons. The van der Waals surface area contributed by atoms with Gasteiger partial charge >= 0.3 is 17.6 Å². The average molecular weight is 459 g/mol. The topological polar surface area (TPSA) is 104 Å². The van der Waals surface area contributed by atoms with Gasteiger partial charge in [0.1, 0.15) is 11.2 Å². The summed E-state index contributed by atoms with van der Waals surface area (Å²) in [7, 11) is 1.53. The number of nitrogens with zero attached hydrogens (tertiary/aromatic N) is 4. The molecule has 3 heterocycles. The number of halogens is 3. The number of hydrogen-bond donors (Lipinski definition) is 1. The fourth-order valence-corrected chi connectivity index (χ4v) is 5.09. The Labute approximate surface area is 176 Å². The molecule has 3 aromatic heterocycles. The number of aromatic nitrogens is 5. The maximum Gasteiger partial charge on any atom is 0.390 e. The summed E-state index contributed by atoms with van der Waals surface area (Å²) in [5.74, 6) is 0. The number of thiophene rings is 1. The Balaban J connectivity index is 1.88.